The van der Waals surface area contributed by atoms with Crippen molar-refractivity contribution in [2.24, 2.45) is 0 Å². The van der Waals surface area contributed by atoms with Gasteiger partial charge in [-0.15, -0.1) is 0 Å². The van der Waals surface area contributed by atoms with E-state index in [0.29, 0.717) is 6.54 Å². The minimum atomic E-state index is -0.184. The van der Waals surface area contributed by atoms with Crippen LogP contribution in [0.25, 0.3) is 0 Å². The van der Waals surface area contributed by atoms with E-state index >= 15 is 0 Å². The number of nitrogens with one attached hydrogen (secondary N) is 2. The molecule has 0 radical (unpaired) electrons. The largest absolute Gasteiger partial charge is 0.393 e. The number of aryl methyl sites for hydroxylation is 2. The average molecular weight is 276 g/mol. The molecule has 1 aliphatic carbocycles. The molecule has 1 aliphatic rings. The number of rotatable bonds is 4. The molecule has 0 aliphatic heterocycles. The molecule has 0 spiro atoms. The maximum atomic E-state index is 12.0. The average Bonchev–Trinajstić information content (AvgIpc) is 2.41. The molecule has 20 heavy (non-hydrogen) atoms. The van der Waals surface area contributed by atoms with E-state index in [0.717, 1.165) is 42.5 Å². The molecule has 1 saturated carbocycles. The number of benzene rings is 1. The molecule has 0 bridgehead atoms. The molecule has 3 N–H and O–H groups in total. The van der Waals surface area contributed by atoms with E-state index in [1.807, 2.05) is 32.0 Å². The van der Waals surface area contributed by atoms with E-state index in [4.69, 9.17) is 0 Å². The van der Waals surface area contributed by atoms with Crippen LogP contribution in [0.5, 0.6) is 0 Å². The zero-order valence-corrected chi connectivity index (χ0v) is 12.3. The molecular weight excluding hydrogens is 252 g/mol. The third-order valence-corrected chi connectivity index (χ3v) is 3.97. The van der Waals surface area contributed by atoms with Gasteiger partial charge in [-0.05, 0) is 50.7 Å². The highest BCUT2D eigenvalue weighted by atomic mass is 16.3. The van der Waals surface area contributed by atoms with Crippen LogP contribution in [0.4, 0.5) is 5.69 Å². The first kappa shape index (κ1) is 14.9. The molecule has 0 saturated heterocycles. The van der Waals surface area contributed by atoms with Crippen LogP contribution in [0.1, 0.15) is 36.8 Å². The third kappa shape index (κ3) is 3.97. The van der Waals surface area contributed by atoms with Gasteiger partial charge in [0.15, 0.2) is 0 Å². The number of anilines is 1. The zero-order valence-electron chi connectivity index (χ0n) is 12.3. The van der Waals surface area contributed by atoms with Crippen LogP contribution in [0.2, 0.25) is 0 Å². The van der Waals surface area contributed by atoms with Gasteiger partial charge in [0, 0.05) is 11.7 Å². The Morgan fingerprint density at radius 3 is 2.40 bits per heavy atom. The van der Waals surface area contributed by atoms with Gasteiger partial charge in [0.2, 0.25) is 5.91 Å². The topological polar surface area (TPSA) is 61.4 Å². The minimum Gasteiger partial charge on any atom is -0.393 e. The second kappa shape index (κ2) is 6.75. The van der Waals surface area contributed by atoms with Crippen molar-refractivity contribution in [2.75, 3.05) is 11.9 Å². The van der Waals surface area contributed by atoms with Gasteiger partial charge in [-0.2, -0.15) is 0 Å². The summed E-state index contributed by atoms with van der Waals surface area (Å²) < 4.78 is 0. The van der Waals surface area contributed by atoms with E-state index in [2.05, 4.69) is 10.6 Å². The first-order chi connectivity index (χ1) is 9.56. The van der Waals surface area contributed by atoms with Gasteiger partial charge in [-0.3, -0.25) is 4.79 Å². The lowest BCUT2D eigenvalue weighted by Crippen LogP contribution is -2.41. The highest BCUT2D eigenvalue weighted by Crippen LogP contribution is 2.20. The molecule has 0 atom stereocenters. The molecule has 1 amide bonds. The van der Waals surface area contributed by atoms with Crippen molar-refractivity contribution in [2.45, 2.75) is 51.7 Å². The van der Waals surface area contributed by atoms with E-state index < -0.39 is 0 Å². The van der Waals surface area contributed by atoms with Gasteiger partial charge in [0.1, 0.15) is 0 Å². The Bertz CT molecular complexity index is 445. The second-order valence-corrected chi connectivity index (χ2v) is 5.69. The molecule has 0 unspecified atom stereocenters. The van der Waals surface area contributed by atoms with E-state index in [1.165, 1.54) is 0 Å². The number of aliphatic hydroxyl groups excluding tert-OH is 1. The van der Waals surface area contributed by atoms with Crippen molar-refractivity contribution in [3.63, 3.8) is 0 Å². The summed E-state index contributed by atoms with van der Waals surface area (Å²) >= 11 is 0. The molecule has 2 rings (SSSR count). The van der Waals surface area contributed by atoms with E-state index in [1.54, 1.807) is 0 Å². The monoisotopic (exact) mass is 276 g/mol. The quantitative estimate of drug-likeness (QED) is 0.789. The van der Waals surface area contributed by atoms with Crippen LogP contribution in [-0.2, 0) is 4.79 Å². The molecule has 110 valence electrons. The molecule has 0 aromatic heterocycles. The number of hydrogen-bond acceptors (Lipinski definition) is 3. The fourth-order valence-corrected chi connectivity index (χ4v) is 2.76. The fourth-order valence-electron chi connectivity index (χ4n) is 2.76. The van der Waals surface area contributed by atoms with E-state index in [9.17, 15) is 9.90 Å². The number of para-hydroxylation sites is 1. The molecule has 1 aromatic rings. The molecule has 1 fully saturated rings. The number of aliphatic hydroxyl groups is 1. The Hall–Kier alpha value is -1.55. The van der Waals surface area contributed by atoms with Crippen molar-refractivity contribution in [1.29, 1.82) is 0 Å². The molecular formula is C16H24N2O2. The van der Waals surface area contributed by atoms with Crippen LogP contribution >= 0.6 is 0 Å². The minimum absolute atomic E-state index is 0.0223. The lowest BCUT2D eigenvalue weighted by Gasteiger charge is -2.26. The summed E-state index contributed by atoms with van der Waals surface area (Å²) in [6, 6.07) is 6.31. The number of carbonyl (C=O) groups excluding carboxylic acids is 1. The molecule has 4 nitrogen and oxygen atoms in total. The first-order valence-electron chi connectivity index (χ1n) is 7.34. The van der Waals surface area contributed by atoms with Crippen LogP contribution in [0.15, 0.2) is 18.2 Å². The van der Waals surface area contributed by atoms with Crippen molar-refractivity contribution in [3.05, 3.63) is 29.3 Å². The lowest BCUT2D eigenvalue weighted by molar-refractivity contribution is -0.120. The maximum Gasteiger partial charge on any atom is 0.239 e. The number of hydrogen-bond donors (Lipinski definition) is 3. The van der Waals surface area contributed by atoms with Gasteiger partial charge in [-0.25, -0.2) is 0 Å². The Morgan fingerprint density at radius 1 is 1.20 bits per heavy atom. The van der Waals surface area contributed by atoms with Gasteiger partial charge < -0.3 is 15.7 Å². The van der Waals surface area contributed by atoms with Crippen LogP contribution < -0.4 is 10.6 Å². The summed E-state index contributed by atoms with van der Waals surface area (Å²) in [5, 5.41) is 15.7. The van der Waals surface area contributed by atoms with Crippen molar-refractivity contribution in [3.8, 4) is 0 Å². The maximum absolute atomic E-state index is 12.0. The third-order valence-electron chi connectivity index (χ3n) is 3.97. The Labute approximate surface area is 120 Å². The highest BCUT2D eigenvalue weighted by Gasteiger charge is 2.20. The van der Waals surface area contributed by atoms with E-state index in [-0.39, 0.29) is 18.1 Å². The second-order valence-electron chi connectivity index (χ2n) is 5.69. The van der Waals surface area contributed by atoms with Crippen molar-refractivity contribution < 1.29 is 9.90 Å². The summed E-state index contributed by atoms with van der Waals surface area (Å²) in [6.07, 6.45) is 3.13. The summed E-state index contributed by atoms with van der Waals surface area (Å²) in [4.78, 5) is 12.0. The predicted molar refractivity (Wildman–Crippen MR) is 80.8 cm³/mol. The Kier molecular flexibility index (Phi) is 5.01. The number of amides is 1. The summed E-state index contributed by atoms with van der Waals surface area (Å²) in [5.41, 5.74) is 3.35. The summed E-state index contributed by atoms with van der Waals surface area (Å²) in [6.45, 7) is 4.37. The van der Waals surface area contributed by atoms with Gasteiger partial charge in [-0.1, -0.05) is 18.2 Å². The van der Waals surface area contributed by atoms with Gasteiger partial charge in [0.25, 0.3) is 0 Å². The first-order valence-corrected chi connectivity index (χ1v) is 7.34. The van der Waals surface area contributed by atoms with Crippen molar-refractivity contribution >= 4 is 11.6 Å². The Morgan fingerprint density at radius 2 is 1.80 bits per heavy atom. The van der Waals surface area contributed by atoms with Gasteiger partial charge >= 0.3 is 0 Å². The fraction of sp³-hybridized carbons (Fsp3) is 0.562. The van der Waals surface area contributed by atoms with Crippen LogP contribution in [0.3, 0.4) is 0 Å². The van der Waals surface area contributed by atoms with Crippen molar-refractivity contribution in [1.82, 2.24) is 5.32 Å². The smallest absolute Gasteiger partial charge is 0.239 e. The summed E-state index contributed by atoms with van der Waals surface area (Å²) in [7, 11) is 0. The highest BCUT2D eigenvalue weighted by molar-refractivity contribution is 5.81. The van der Waals surface area contributed by atoms with Crippen LogP contribution in [0, 0.1) is 13.8 Å². The predicted octanol–water partition coefficient (Wildman–Crippen LogP) is 2.14. The molecule has 0 heterocycles. The SMILES string of the molecule is Cc1cccc(C)c1NCC(=O)NC1CCC(O)CC1. The number of carbonyl (C=O) groups is 1. The van der Waals surface area contributed by atoms with Crippen LogP contribution in [-0.4, -0.2) is 29.7 Å². The zero-order chi connectivity index (χ0) is 14.5. The van der Waals surface area contributed by atoms with Gasteiger partial charge in [0.05, 0.1) is 12.6 Å². The lowest BCUT2D eigenvalue weighted by atomic mass is 9.93. The summed E-state index contributed by atoms with van der Waals surface area (Å²) in [5.74, 6) is 0.0223. The normalized spacial score (nSPS) is 22.4. The Balaban J connectivity index is 1.80. The molecule has 4 heteroatoms. The standard InChI is InChI=1S/C16H24N2O2/c1-11-4-3-5-12(2)16(11)17-10-15(20)18-13-6-8-14(19)9-7-13/h3-5,13-14,17,19H,6-10H2,1-2H3,(H,18,20). The molecule has 1 aromatic carbocycles.